The Labute approximate surface area is 175 Å². The Kier molecular flexibility index (Phi) is 7.29. The van der Waals surface area contributed by atoms with Gasteiger partial charge in [-0.3, -0.25) is 0 Å². The summed E-state index contributed by atoms with van der Waals surface area (Å²) in [6.07, 6.45) is 0.0337. The van der Waals surface area contributed by atoms with Crippen molar-refractivity contribution in [1.29, 1.82) is 0 Å². The van der Waals surface area contributed by atoms with E-state index in [9.17, 15) is 13.2 Å². The number of amides is 1. The largest absolute Gasteiger partial charge is 0.444 e. The van der Waals surface area contributed by atoms with Crippen LogP contribution in [-0.4, -0.2) is 30.3 Å². The van der Waals surface area contributed by atoms with Crippen molar-refractivity contribution in [2.75, 3.05) is 0 Å². The van der Waals surface area contributed by atoms with Crippen LogP contribution < -0.4 is 5.32 Å². The molecule has 0 spiro atoms. The first-order chi connectivity index (χ1) is 13.4. The molecule has 0 unspecified atom stereocenters. The minimum absolute atomic E-state index is 0.00272. The molecule has 0 saturated carbocycles. The van der Waals surface area contributed by atoms with Crippen molar-refractivity contribution < 1.29 is 22.4 Å². The summed E-state index contributed by atoms with van der Waals surface area (Å²) in [7, 11) is -3.91. The van der Waals surface area contributed by atoms with Crippen molar-refractivity contribution >= 4 is 27.5 Å². The second-order valence-electron chi connectivity index (χ2n) is 7.77. The molecule has 0 radical (unpaired) electrons. The summed E-state index contributed by atoms with van der Waals surface area (Å²) in [5.74, 6) is -0.466. The van der Waals surface area contributed by atoms with E-state index in [4.69, 9.17) is 20.8 Å². The molecule has 1 amide bonds. The number of rotatable bonds is 7. The lowest BCUT2D eigenvalue weighted by Crippen LogP contribution is -2.37. The molecule has 2 atom stereocenters. The predicted octanol–water partition coefficient (Wildman–Crippen LogP) is 4.31. The third-order valence-corrected chi connectivity index (χ3v) is 5.90. The number of benzene rings is 1. The number of hydrogen-bond acceptors (Lipinski definition) is 7. The van der Waals surface area contributed by atoms with Crippen molar-refractivity contribution in [2.45, 2.75) is 63.7 Å². The summed E-state index contributed by atoms with van der Waals surface area (Å²) in [6, 6.07) is 5.94. The Morgan fingerprint density at radius 2 is 1.93 bits per heavy atom. The van der Waals surface area contributed by atoms with Gasteiger partial charge in [0.15, 0.2) is 0 Å². The Morgan fingerprint density at radius 1 is 1.28 bits per heavy atom. The molecule has 1 N–H and O–H groups in total. The number of ether oxygens (including phenoxy) is 1. The maximum Gasteiger partial charge on any atom is 0.408 e. The van der Waals surface area contributed by atoms with Gasteiger partial charge in [-0.2, -0.15) is 0 Å². The molecule has 2 aromatic rings. The van der Waals surface area contributed by atoms with Gasteiger partial charge in [-0.15, -0.1) is 5.10 Å². The van der Waals surface area contributed by atoms with Crippen LogP contribution in [0.1, 0.15) is 58.5 Å². The van der Waals surface area contributed by atoms with E-state index in [1.54, 1.807) is 45.0 Å². The summed E-state index contributed by atoms with van der Waals surface area (Å²) in [5.41, 5.74) is -0.248. The van der Waals surface area contributed by atoms with E-state index in [0.29, 0.717) is 17.0 Å². The fourth-order valence-corrected chi connectivity index (χ4v) is 3.92. The number of carbonyl (C=O) groups excluding carboxylic acids is 1. The van der Waals surface area contributed by atoms with Crippen molar-refractivity contribution in [3.05, 3.63) is 40.7 Å². The first kappa shape index (κ1) is 23.2. The first-order valence-corrected chi connectivity index (χ1v) is 11.2. The standard InChI is InChI=1S/C19H26ClN3O5S/c1-6-12(2)15(21-17(24)28-19(3,4)5)16-22-23-18(27-16)29(25,26)11-13-9-7-8-10-14(13)20/h7-10,12,15H,6,11H2,1-5H3,(H,21,24)/t12-,15-/m1/s1. The average molecular weight is 444 g/mol. The Morgan fingerprint density at radius 3 is 2.52 bits per heavy atom. The van der Waals surface area contributed by atoms with Gasteiger partial charge in [-0.05, 0) is 38.3 Å². The molecule has 0 bridgehead atoms. The van der Waals surface area contributed by atoms with Gasteiger partial charge in [0, 0.05) is 5.02 Å². The fraction of sp³-hybridized carbons (Fsp3) is 0.526. The van der Waals surface area contributed by atoms with Crippen molar-refractivity contribution in [1.82, 2.24) is 15.5 Å². The molecule has 10 heteroatoms. The van der Waals surface area contributed by atoms with Gasteiger partial charge in [0.25, 0.3) is 0 Å². The highest BCUT2D eigenvalue weighted by Crippen LogP contribution is 2.27. The highest BCUT2D eigenvalue weighted by atomic mass is 35.5. The van der Waals surface area contributed by atoms with Gasteiger partial charge in [0.05, 0.1) is 5.75 Å². The van der Waals surface area contributed by atoms with E-state index in [1.807, 2.05) is 13.8 Å². The first-order valence-electron chi connectivity index (χ1n) is 9.22. The van der Waals surface area contributed by atoms with Crippen molar-refractivity contribution in [3.63, 3.8) is 0 Å². The van der Waals surface area contributed by atoms with E-state index in [-0.39, 0.29) is 17.6 Å². The van der Waals surface area contributed by atoms with E-state index in [1.165, 1.54) is 0 Å². The molecule has 29 heavy (non-hydrogen) atoms. The lowest BCUT2D eigenvalue weighted by Gasteiger charge is -2.24. The Hall–Kier alpha value is -2.13. The van der Waals surface area contributed by atoms with E-state index in [0.717, 1.165) is 0 Å². The van der Waals surface area contributed by atoms with Crippen LogP contribution >= 0.6 is 11.6 Å². The number of carbonyl (C=O) groups is 1. The maximum atomic E-state index is 12.7. The summed E-state index contributed by atoms with van der Waals surface area (Å²) in [4.78, 5) is 12.2. The van der Waals surface area contributed by atoms with Gasteiger partial charge in [-0.25, -0.2) is 13.2 Å². The smallest absolute Gasteiger partial charge is 0.408 e. The molecule has 0 fully saturated rings. The summed E-state index contributed by atoms with van der Waals surface area (Å²) in [6.45, 7) is 9.05. The van der Waals surface area contributed by atoms with Crippen molar-refractivity contribution in [2.24, 2.45) is 5.92 Å². The number of nitrogens with one attached hydrogen (secondary N) is 1. The molecule has 8 nitrogen and oxygen atoms in total. The summed E-state index contributed by atoms with van der Waals surface area (Å²) in [5, 5.41) is 10.1. The normalized spacial score (nSPS) is 14.3. The lowest BCUT2D eigenvalue weighted by molar-refractivity contribution is 0.0473. The zero-order valence-corrected chi connectivity index (χ0v) is 18.7. The van der Waals surface area contributed by atoms with Gasteiger partial charge in [0.2, 0.25) is 15.7 Å². The second kappa shape index (κ2) is 9.13. The number of sulfone groups is 1. The quantitative estimate of drug-likeness (QED) is 0.678. The van der Waals surface area contributed by atoms with Gasteiger partial charge < -0.3 is 14.5 Å². The fourth-order valence-electron chi connectivity index (χ4n) is 2.47. The van der Waals surface area contributed by atoms with E-state index >= 15 is 0 Å². The van der Waals surface area contributed by atoms with Gasteiger partial charge in [0.1, 0.15) is 11.6 Å². The molecule has 2 rings (SSSR count). The van der Waals surface area contributed by atoms with Gasteiger partial charge in [-0.1, -0.05) is 55.2 Å². The van der Waals surface area contributed by atoms with E-state index < -0.39 is 32.8 Å². The molecule has 160 valence electrons. The van der Waals surface area contributed by atoms with Crippen LogP contribution in [0, 0.1) is 5.92 Å². The zero-order chi connectivity index (χ0) is 21.8. The SMILES string of the molecule is CC[C@@H](C)[C@@H](NC(=O)OC(C)(C)C)c1nnc(S(=O)(=O)Cc2ccccc2Cl)o1. The third-order valence-electron chi connectivity index (χ3n) is 4.14. The van der Waals surface area contributed by atoms with Crippen LogP contribution in [0.25, 0.3) is 0 Å². The molecule has 0 aliphatic carbocycles. The van der Waals surface area contributed by atoms with Crippen molar-refractivity contribution in [3.8, 4) is 0 Å². The lowest BCUT2D eigenvalue weighted by atomic mass is 9.99. The monoisotopic (exact) mass is 443 g/mol. The molecule has 1 aromatic heterocycles. The highest BCUT2D eigenvalue weighted by Gasteiger charge is 2.31. The molecular formula is C19H26ClN3O5S. The Bertz CT molecular complexity index is 953. The molecule has 1 aromatic carbocycles. The van der Waals surface area contributed by atoms with Crippen LogP contribution in [-0.2, 0) is 20.3 Å². The number of aromatic nitrogens is 2. The van der Waals surface area contributed by atoms with Crippen LogP contribution in [0.2, 0.25) is 5.02 Å². The van der Waals surface area contributed by atoms with Crippen LogP contribution in [0.5, 0.6) is 0 Å². The molecule has 0 saturated heterocycles. The van der Waals surface area contributed by atoms with Crippen LogP contribution in [0.15, 0.2) is 33.9 Å². The minimum atomic E-state index is -3.91. The number of halogens is 1. The maximum absolute atomic E-state index is 12.7. The predicted molar refractivity (Wildman–Crippen MR) is 108 cm³/mol. The molecular weight excluding hydrogens is 418 g/mol. The van der Waals surface area contributed by atoms with Gasteiger partial charge >= 0.3 is 11.3 Å². The summed E-state index contributed by atoms with van der Waals surface area (Å²) >= 11 is 6.05. The molecule has 1 heterocycles. The van der Waals surface area contributed by atoms with E-state index in [2.05, 4.69) is 15.5 Å². The molecule has 0 aliphatic rings. The Balaban J connectivity index is 2.25. The minimum Gasteiger partial charge on any atom is -0.444 e. The van der Waals surface area contributed by atoms with Crippen LogP contribution in [0.4, 0.5) is 4.79 Å². The average Bonchev–Trinajstić information content (AvgIpc) is 3.10. The second-order valence-corrected chi connectivity index (χ2v) is 10.0. The summed E-state index contributed by atoms with van der Waals surface area (Å²) < 4.78 is 36.1. The number of nitrogens with zero attached hydrogens (tertiary/aromatic N) is 2. The van der Waals surface area contributed by atoms with Crippen LogP contribution in [0.3, 0.4) is 0 Å². The number of alkyl carbamates (subject to hydrolysis) is 1. The number of hydrogen-bond donors (Lipinski definition) is 1. The third kappa shape index (κ3) is 6.43. The highest BCUT2D eigenvalue weighted by molar-refractivity contribution is 7.90. The molecule has 0 aliphatic heterocycles. The topological polar surface area (TPSA) is 111 Å². The zero-order valence-electron chi connectivity index (χ0n) is 17.1.